The van der Waals surface area contributed by atoms with Gasteiger partial charge in [0.2, 0.25) is 11.8 Å². The number of nitrogens with one attached hydrogen (secondary N) is 2. The lowest BCUT2D eigenvalue weighted by Gasteiger charge is -2.14. The van der Waals surface area contributed by atoms with E-state index in [0.29, 0.717) is 23.4 Å². The molecule has 0 aliphatic carbocycles. The molecule has 0 aromatic heterocycles. The lowest BCUT2D eigenvalue weighted by atomic mass is 10.1. The SMILES string of the molecule is COc1cc(CCC(=O)Nc2cc(C)ccc2NC(C)=O)ccc1OCC(F)(F)F. The van der Waals surface area contributed by atoms with Crippen molar-refractivity contribution in [2.24, 2.45) is 0 Å². The number of halogens is 3. The van der Waals surface area contributed by atoms with Gasteiger partial charge in [-0.2, -0.15) is 13.2 Å². The molecular formula is C21H23F3N2O4. The highest BCUT2D eigenvalue weighted by Gasteiger charge is 2.29. The summed E-state index contributed by atoms with van der Waals surface area (Å²) in [5, 5.41) is 5.43. The Labute approximate surface area is 172 Å². The number of benzene rings is 2. The maximum absolute atomic E-state index is 12.4. The first kappa shape index (κ1) is 23.1. The molecule has 0 fully saturated rings. The fraction of sp³-hybridized carbons (Fsp3) is 0.333. The number of rotatable bonds is 8. The fourth-order valence-corrected chi connectivity index (χ4v) is 2.68. The molecule has 0 saturated heterocycles. The molecule has 0 aliphatic rings. The molecule has 162 valence electrons. The van der Waals surface area contributed by atoms with Crippen molar-refractivity contribution < 1.29 is 32.2 Å². The van der Waals surface area contributed by atoms with Crippen molar-refractivity contribution in [1.29, 1.82) is 0 Å². The normalized spacial score (nSPS) is 11.0. The van der Waals surface area contributed by atoms with Gasteiger partial charge in [0.15, 0.2) is 18.1 Å². The minimum absolute atomic E-state index is 0.0252. The van der Waals surface area contributed by atoms with E-state index in [2.05, 4.69) is 10.6 Å². The quantitative estimate of drug-likeness (QED) is 0.655. The topological polar surface area (TPSA) is 76.7 Å². The van der Waals surface area contributed by atoms with E-state index in [1.54, 1.807) is 18.2 Å². The van der Waals surface area contributed by atoms with Gasteiger partial charge in [-0.25, -0.2) is 0 Å². The molecule has 2 aromatic rings. The van der Waals surface area contributed by atoms with Crippen molar-refractivity contribution in [1.82, 2.24) is 0 Å². The van der Waals surface area contributed by atoms with Gasteiger partial charge < -0.3 is 20.1 Å². The summed E-state index contributed by atoms with van der Waals surface area (Å²) in [6.45, 7) is 1.82. The first-order chi connectivity index (χ1) is 14.1. The van der Waals surface area contributed by atoms with E-state index >= 15 is 0 Å². The molecule has 0 saturated carbocycles. The van der Waals surface area contributed by atoms with Crippen LogP contribution in [0.2, 0.25) is 0 Å². The Morgan fingerprint density at radius 3 is 2.37 bits per heavy atom. The van der Waals surface area contributed by atoms with Crippen LogP contribution in [0.4, 0.5) is 24.5 Å². The molecule has 0 spiro atoms. The molecule has 2 N–H and O–H groups in total. The van der Waals surface area contributed by atoms with Crippen LogP contribution in [-0.2, 0) is 16.0 Å². The molecule has 0 unspecified atom stereocenters. The van der Waals surface area contributed by atoms with Crippen LogP contribution in [0.15, 0.2) is 36.4 Å². The molecule has 0 atom stereocenters. The van der Waals surface area contributed by atoms with Crippen LogP contribution >= 0.6 is 0 Å². The highest BCUT2D eigenvalue weighted by molar-refractivity contribution is 5.99. The predicted octanol–water partition coefficient (Wildman–Crippen LogP) is 4.47. The van der Waals surface area contributed by atoms with Crippen LogP contribution in [0.1, 0.15) is 24.5 Å². The fourth-order valence-electron chi connectivity index (χ4n) is 2.68. The van der Waals surface area contributed by atoms with Crippen molar-refractivity contribution in [3.63, 3.8) is 0 Å². The summed E-state index contributed by atoms with van der Waals surface area (Å²) in [4.78, 5) is 23.7. The molecule has 30 heavy (non-hydrogen) atoms. The van der Waals surface area contributed by atoms with Gasteiger partial charge in [0.25, 0.3) is 0 Å². The Morgan fingerprint density at radius 2 is 1.73 bits per heavy atom. The second kappa shape index (κ2) is 10.00. The van der Waals surface area contributed by atoms with Gasteiger partial charge in [-0.1, -0.05) is 12.1 Å². The van der Waals surface area contributed by atoms with Crippen molar-refractivity contribution in [3.8, 4) is 11.5 Å². The van der Waals surface area contributed by atoms with Gasteiger partial charge in [0.05, 0.1) is 18.5 Å². The Morgan fingerprint density at radius 1 is 1.00 bits per heavy atom. The third-order valence-corrected chi connectivity index (χ3v) is 4.02. The summed E-state index contributed by atoms with van der Waals surface area (Å²) in [5.74, 6) is -0.399. The van der Waals surface area contributed by atoms with Crippen LogP contribution in [0, 0.1) is 6.92 Å². The van der Waals surface area contributed by atoms with Crippen molar-refractivity contribution >= 4 is 23.2 Å². The number of anilines is 2. The van der Waals surface area contributed by atoms with E-state index in [0.717, 1.165) is 5.56 Å². The molecule has 6 nitrogen and oxygen atoms in total. The number of amides is 2. The number of hydrogen-bond donors (Lipinski definition) is 2. The number of carbonyl (C=O) groups excluding carboxylic acids is 2. The van der Waals surface area contributed by atoms with Gasteiger partial charge in [0.1, 0.15) is 0 Å². The zero-order chi connectivity index (χ0) is 22.3. The third kappa shape index (κ3) is 7.31. The van der Waals surface area contributed by atoms with Crippen LogP contribution in [0.25, 0.3) is 0 Å². The van der Waals surface area contributed by atoms with Gasteiger partial charge in [0, 0.05) is 13.3 Å². The molecule has 0 radical (unpaired) electrons. The highest BCUT2D eigenvalue weighted by atomic mass is 19.4. The first-order valence-electron chi connectivity index (χ1n) is 9.12. The second-order valence-corrected chi connectivity index (χ2v) is 6.67. The maximum atomic E-state index is 12.4. The molecule has 0 bridgehead atoms. The number of aryl methyl sites for hydroxylation is 2. The lowest BCUT2D eigenvalue weighted by molar-refractivity contribution is -0.153. The molecule has 9 heteroatoms. The van der Waals surface area contributed by atoms with Crippen LogP contribution in [-0.4, -0.2) is 31.7 Å². The molecular weight excluding hydrogens is 401 g/mol. The van der Waals surface area contributed by atoms with Gasteiger partial charge in [-0.05, 0) is 48.7 Å². The summed E-state index contributed by atoms with van der Waals surface area (Å²) < 4.78 is 46.8. The third-order valence-electron chi connectivity index (χ3n) is 4.02. The van der Waals surface area contributed by atoms with Crippen molar-refractivity contribution in [2.45, 2.75) is 32.9 Å². The van der Waals surface area contributed by atoms with E-state index < -0.39 is 12.8 Å². The Hall–Kier alpha value is -3.23. The Bertz CT molecular complexity index is 914. The number of alkyl halides is 3. The zero-order valence-corrected chi connectivity index (χ0v) is 16.9. The second-order valence-electron chi connectivity index (χ2n) is 6.67. The largest absolute Gasteiger partial charge is 0.493 e. The minimum Gasteiger partial charge on any atom is -0.493 e. The lowest BCUT2D eigenvalue weighted by Crippen LogP contribution is -2.19. The van der Waals surface area contributed by atoms with Crippen LogP contribution in [0.5, 0.6) is 11.5 Å². The Balaban J connectivity index is 2.01. The van der Waals surface area contributed by atoms with Gasteiger partial charge >= 0.3 is 6.18 Å². The summed E-state index contributed by atoms with van der Waals surface area (Å²) in [6, 6.07) is 9.77. The monoisotopic (exact) mass is 424 g/mol. The standard InChI is InChI=1S/C21H23F3N2O4/c1-13-4-7-16(25-14(2)27)17(10-13)26-20(28)9-6-15-5-8-18(19(11-15)29-3)30-12-21(22,23)24/h4-5,7-8,10-11H,6,9,12H2,1-3H3,(H,25,27)(H,26,28). The van der Waals surface area contributed by atoms with Crippen molar-refractivity contribution in [3.05, 3.63) is 47.5 Å². The highest BCUT2D eigenvalue weighted by Crippen LogP contribution is 2.30. The molecule has 0 heterocycles. The summed E-state index contributed by atoms with van der Waals surface area (Å²) in [5.41, 5.74) is 2.60. The van der Waals surface area contributed by atoms with E-state index in [1.807, 2.05) is 13.0 Å². The first-order valence-corrected chi connectivity index (χ1v) is 9.12. The zero-order valence-electron chi connectivity index (χ0n) is 16.9. The van der Waals surface area contributed by atoms with E-state index in [-0.39, 0.29) is 29.7 Å². The molecule has 2 aromatic carbocycles. The van der Waals surface area contributed by atoms with E-state index in [9.17, 15) is 22.8 Å². The molecule has 0 aliphatic heterocycles. The van der Waals surface area contributed by atoms with E-state index in [4.69, 9.17) is 9.47 Å². The van der Waals surface area contributed by atoms with E-state index in [1.165, 1.54) is 26.2 Å². The van der Waals surface area contributed by atoms with Crippen molar-refractivity contribution in [2.75, 3.05) is 24.4 Å². The maximum Gasteiger partial charge on any atom is 0.422 e. The van der Waals surface area contributed by atoms with Gasteiger partial charge in [-0.3, -0.25) is 9.59 Å². The smallest absolute Gasteiger partial charge is 0.422 e. The average Bonchev–Trinajstić information content (AvgIpc) is 2.66. The minimum atomic E-state index is -4.45. The molecule has 2 rings (SSSR count). The van der Waals surface area contributed by atoms with Crippen LogP contribution < -0.4 is 20.1 Å². The summed E-state index contributed by atoms with van der Waals surface area (Å²) in [7, 11) is 1.33. The molecule has 2 amide bonds. The summed E-state index contributed by atoms with van der Waals surface area (Å²) in [6.07, 6.45) is -3.99. The van der Waals surface area contributed by atoms with Crippen LogP contribution in [0.3, 0.4) is 0 Å². The summed E-state index contributed by atoms with van der Waals surface area (Å²) >= 11 is 0. The average molecular weight is 424 g/mol. The number of carbonyl (C=O) groups is 2. The number of ether oxygens (including phenoxy) is 2. The number of hydrogen-bond acceptors (Lipinski definition) is 4. The number of methoxy groups -OCH3 is 1. The Kier molecular flexibility index (Phi) is 7.68. The van der Waals surface area contributed by atoms with Gasteiger partial charge in [-0.15, -0.1) is 0 Å². The predicted molar refractivity (Wildman–Crippen MR) is 107 cm³/mol.